The average Bonchev–Trinajstić information content (AvgIpc) is 2.94. The van der Waals surface area contributed by atoms with Gasteiger partial charge in [-0.05, 0) is 54.3 Å². The highest BCUT2D eigenvalue weighted by atomic mass is 19.1. The molecule has 0 spiro atoms. The van der Waals surface area contributed by atoms with Crippen molar-refractivity contribution in [1.29, 1.82) is 5.26 Å². The molecule has 4 aromatic rings. The van der Waals surface area contributed by atoms with Crippen LogP contribution >= 0.6 is 0 Å². The van der Waals surface area contributed by atoms with Crippen molar-refractivity contribution in [1.82, 2.24) is 4.98 Å². The third kappa shape index (κ3) is 5.72. The highest BCUT2D eigenvalue weighted by molar-refractivity contribution is 6.02. The minimum Gasteiger partial charge on any atom is -0.488 e. The molecular formula is C31H28F2N4O3. The second-order valence-electron chi connectivity index (χ2n) is 9.72. The van der Waals surface area contributed by atoms with Gasteiger partial charge in [0.15, 0.2) is 0 Å². The zero-order chi connectivity index (χ0) is 28.2. The van der Waals surface area contributed by atoms with Crippen LogP contribution in [-0.2, 0) is 9.53 Å². The average molecular weight is 543 g/mol. The number of benzene rings is 3. The molecule has 0 radical (unpaired) electrons. The predicted molar refractivity (Wildman–Crippen MR) is 149 cm³/mol. The van der Waals surface area contributed by atoms with E-state index in [9.17, 15) is 18.8 Å². The number of fused-ring (bicyclic) bond motifs is 1. The van der Waals surface area contributed by atoms with Crippen LogP contribution in [0, 0.1) is 23.0 Å². The van der Waals surface area contributed by atoms with E-state index < -0.39 is 17.6 Å². The van der Waals surface area contributed by atoms with Crippen molar-refractivity contribution >= 4 is 22.6 Å². The maximum atomic E-state index is 14.3. The molecule has 0 bridgehead atoms. The molecule has 1 aliphatic heterocycles. The molecular weight excluding hydrogens is 514 g/mol. The number of aromatic nitrogens is 1. The van der Waals surface area contributed by atoms with Crippen molar-refractivity contribution < 1.29 is 23.0 Å². The number of carbonyl (C=O) groups excluding carboxylic acids is 1. The van der Waals surface area contributed by atoms with E-state index in [4.69, 9.17) is 15.2 Å². The summed E-state index contributed by atoms with van der Waals surface area (Å²) in [5.74, 6) is -1.38. The smallest absolute Gasteiger partial charge is 0.302 e. The molecule has 40 heavy (non-hydrogen) atoms. The Kier molecular flexibility index (Phi) is 7.89. The Balaban J connectivity index is 1.66. The second-order valence-corrected chi connectivity index (χ2v) is 9.72. The topological polar surface area (TPSA) is 101 Å². The standard InChI is InChI=1S/C31H28F2N4O3/c1-19(38)39-11-12-40-31-21(17-34)3-2-4-26(31)20-5-6-29-27(15-20)30(37-9-7-25(35)8-10-37)28(18-36-29)22-13-23(32)16-24(33)14-22/h2-6,13-16,18,25H,7-12,35H2,1H3. The molecule has 1 saturated heterocycles. The summed E-state index contributed by atoms with van der Waals surface area (Å²) in [5.41, 5.74) is 10.5. The molecule has 0 amide bonds. The molecule has 0 aliphatic carbocycles. The molecule has 1 aliphatic rings. The molecule has 204 valence electrons. The van der Waals surface area contributed by atoms with Gasteiger partial charge in [0, 0.05) is 54.8 Å². The van der Waals surface area contributed by atoms with E-state index in [1.54, 1.807) is 18.3 Å². The van der Waals surface area contributed by atoms with Gasteiger partial charge < -0.3 is 20.1 Å². The summed E-state index contributed by atoms with van der Waals surface area (Å²) in [6.07, 6.45) is 3.22. The van der Waals surface area contributed by atoms with E-state index in [1.807, 2.05) is 24.3 Å². The van der Waals surface area contributed by atoms with Crippen molar-refractivity contribution in [3.63, 3.8) is 0 Å². The van der Waals surface area contributed by atoms with Crippen molar-refractivity contribution in [3.05, 3.63) is 78.0 Å². The van der Waals surface area contributed by atoms with Crippen LogP contribution in [-0.4, -0.2) is 43.3 Å². The molecule has 5 rings (SSSR count). The Morgan fingerprint density at radius 1 is 1.05 bits per heavy atom. The molecule has 1 aromatic heterocycles. The normalized spacial score (nSPS) is 13.7. The fraction of sp³-hybridized carbons (Fsp3) is 0.258. The first-order chi connectivity index (χ1) is 19.3. The largest absolute Gasteiger partial charge is 0.488 e. The van der Waals surface area contributed by atoms with Crippen LogP contribution in [0.1, 0.15) is 25.3 Å². The Morgan fingerprint density at radius 3 is 2.50 bits per heavy atom. The number of hydrogen-bond acceptors (Lipinski definition) is 7. The van der Waals surface area contributed by atoms with Gasteiger partial charge >= 0.3 is 5.97 Å². The Labute approximate surface area is 230 Å². The summed E-state index contributed by atoms with van der Waals surface area (Å²) in [4.78, 5) is 18.0. The Bertz CT molecular complexity index is 1590. The van der Waals surface area contributed by atoms with E-state index in [0.29, 0.717) is 46.6 Å². The summed E-state index contributed by atoms with van der Waals surface area (Å²) in [6.45, 7) is 2.81. The van der Waals surface area contributed by atoms with E-state index in [-0.39, 0.29) is 19.3 Å². The number of hydrogen-bond donors (Lipinski definition) is 1. The van der Waals surface area contributed by atoms with Crippen LogP contribution in [0.25, 0.3) is 33.2 Å². The molecule has 2 N–H and O–H groups in total. The number of para-hydroxylation sites is 1. The third-order valence-electron chi connectivity index (χ3n) is 6.95. The van der Waals surface area contributed by atoms with Gasteiger partial charge in [-0.25, -0.2) is 8.78 Å². The summed E-state index contributed by atoms with van der Waals surface area (Å²) in [7, 11) is 0. The summed E-state index contributed by atoms with van der Waals surface area (Å²) >= 11 is 0. The van der Waals surface area contributed by atoms with Crippen molar-refractivity contribution in [3.8, 4) is 34.1 Å². The lowest BCUT2D eigenvalue weighted by atomic mass is 9.95. The Morgan fingerprint density at radius 2 is 1.80 bits per heavy atom. The van der Waals surface area contributed by atoms with Crippen LogP contribution in [0.3, 0.4) is 0 Å². The first-order valence-corrected chi connectivity index (χ1v) is 13.0. The minimum atomic E-state index is -0.667. The molecule has 3 aromatic carbocycles. The van der Waals surface area contributed by atoms with Gasteiger partial charge in [-0.1, -0.05) is 18.2 Å². The fourth-order valence-corrected chi connectivity index (χ4v) is 5.07. The monoisotopic (exact) mass is 542 g/mol. The molecule has 7 nitrogen and oxygen atoms in total. The SMILES string of the molecule is CC(=O)OCCOc1c(C#N)cccc1-c1ccc2ncc(-c3cc(F)cc(F)c3)c(N3CCC(N)CC3)c2c1. The lowest BCUT2D eigenvalue weighted by molar-refractivity contribution is -0.141. The zero-order valence-corrected chi connectivity index (χ0v) is 22.0. The second kappa shape index (κ2) is 11.7. The van der Waals surface area contributed by atoms with Crippen molar-refractivity contribution in [2.45, 2.75) is 25.8 Å². The summed E-state index contributed by atoms with van der Waals surface area (Å²) in [5, 5.41) is 10.5. The van der Waals surface area contributed by atoms with Gasteiger partial charge in [-0.3, -0.25) is 9.78 Å². The first kappa shape index (κ1) is 27.0. The maximum Gasteiger partial charge on any atom is 0.302 e. The molecule has 1 fully saturated rings. The number of nitrogens with two attached hydrogens (primary N) is 1. The van der Waals surface area contributed by atoms with E-state index >= 15 is 0 Å². The highest BCUT2D eigenvalue weighted by Crippen LogP contribution is 2.41. The lowest BCUT2D eigenvalue weighted by Gasteiger charge is -2.34. The van der Waals surface area contributed by atoms with Gasteiger partial charge in [-0.2, -0.15) is 5.26 Å². The number of nitriles is 1. The third-order valence-corrected chi connectivity index (χ3v) is 6.95. The van der Waals surface area contributed by atoms with E-state index in [0.717, 1.165) is 35.5 Å². The quantitative estimate of drug-likeness (QED) is 0.240. The van der Waals surface area contributed by atoms with Crippen LogP contribution in [0.15, 0.2) is 60.8 Å². The van der Waals surface area contributed by atoms with Gasteiger partial charge in [0.05, 0.1) is 16.8 Å². The zero-order valence-electron chi connectivity index (χ0n) is 22.0. The van der Waals surface area contributed by atoms with Gasteiger partial charge in [0.25, 0.3) is 0 Å². The van der Waals surface area contributed by atoms with Crippen LogP contribution in [0.2, 0.25) is 0 Å². The first-order valence-electron chi connectivity index (χ1n) is 13.0. The van der Waals surface area contributed by atoms with Crippen LogP contribution < -0.4 is 15.4 Å². The van der Waals surface area contributed by atoms with Crippen LogP contribution in [0.4, 0.5) is 14.5 Å². The minimum absolute atomic E-state index is 0.0466. The van der Waals surface area contributed by atoms with Crippen molar-refractivity contribution in [2.24, 2.45) is 5.73 Å². The predicted octanol–water partition coefficient (Wildman–Crippen LogP) is 5.59. The number of anilines is 1. The van der Waals surface area contributed by atoms with E-state index in [1.165, 1.54) is 19.1 Å². The summed E-state index contributed by atoms with van der Waals surface area (Å²) in [6, 6.07) is 16.7. The molecule has 0 unspecified atom stereocenters. The number of nitrogens with zero attached hydrogens (tertiary/aromatic N) is 3. The number of halogens is 2. The number of ether oxygens (including phenoxy) is 2. The van der Waals surface area contributed by atoms with E-state index in [2.05, 4.69) is 16.0 Å². The number of pyridine rings is 1. The number of piperidine rings is 1. The molecule has 2 heterocycles. The Hall–Kier alpha value is -4.55. The number of carbonyl (C=O) groups is 1. The lowest BCUT2D eigenvalue weighted by Crippen LogP contribution is -2.40. The highest BCUT2D eigenvalue weighted by Gasteiger charge is 2.23. The fourth-order valence-electron chi connectivity index (χ4n) is 5.07. The molecule has 0 atom stereocenters. The van der Waals surface area contributed by atoms with Crippen LogP contribution in [0.5, 0.6) is 5.75 Å². The number of esters is 1. The van der Waals surface area contributed by atoms with Crippen molar-refractivity contribution in [2.75, 3.05) is 31.2 Å². The summed E-state index contributed by atoms with van der Waals surface area (Å²) < 4.78 is 39.4. The number of rotatable bonds is 7. The maximum absolute atomic E-state index is 14.3. The van der Waals surface area contributed by atoms with Gasteiger partial charge in [-0.15, -0.1) is 0 Å². The van der Waals surface area contributed by atoms with Gasteiger partial charge in [0.1, 0.15) is 36.7 Å². The molecule has 9 heteroatoms. The van der Waals surface area contributed by atoms with Gasteiger partial charge in [0.2, 0.25) is 0 Å². The molecule has 0 saturated carbocycles.